The van der Waals surface area contributed by atoms with Gasteiger partial charge in [-0.05, 0) is 32.9 Å². The third kappa shape index (κ3) is 4.52. The fraction of sp³-hybridized carbons (Fsp3) is 0.500. The van der Waals surface area contributed by atoms with Gasteiger partial charge in [-0.3, -0.25) is 0 Å². The molecule has 0 heterocycles. The van der Waals surface area contributed by atoms with E-state index in [9.17, 15) is 9.18 Å². The van der Waals surface area contributed by atoms with Crippen molar-refractivity contribution in [3.05, 3.63) is 29.6 Å². The predicted molar refractivity (Wildman–Crippen MR) is 70.8 cm³/mol. The minimum absolute atomic E-state index is 0.0918. The normalized spacial score (nSPS) is 13.9. The maximum absolute atomic E-state index is 13.9. The molecule has 2 N–H and O–H groups in total. The number of nitrogens with one attached hydrogen (secondary N) is 1. The number of carboxylic acid groups (broad SMARTS) is 1. The Hall–Kier alpha value is -1.62. The Balaban J connectivity index is 2.76. The number of aliphatic carboxylic acids is 1. The van der Waals surface area contributed by atoms with Crippen LogP contribution in [0.25, 0.3) is 0 Å². The summed E-state index contributed by atoms with van der Waals surface area (Å²) in [5.74, 6) is -1.26. The van der Waals surface area contributed by atoms with E-state index in [4.69, 9.17) is 9.84 Å². The second-order valence-corrected chi connectivity index (χ2v) is 4.46. The van der Waals surface area contributed by atoms with Crippen LogP contribution in [0.2, 0.25) is 0 Å². The number of ether oxygens (including phenoxy) is 1. The van der Waals surface area contributed by atoms with Crippen molar-refractivity contribution < 1.29 is 19.0 Å². The van der Waals surface area contributed by atoms with Crippen LogP contribution in [0.1, 0.15) is 38.8 Å². The van der Waals surface area contributed by atoms with E-state index in [-0.39, 0.29) is 11.8 Å². The van der Waals surface area contributed by atoms with Gasteiger partial charge < -0.3 is 15.2 Å². The van der Waals surface area contributed by atoms with Crippen LogP contribution >= 0.6 is 0 Å². The van der Waals surface area contributed by atoms with Gasteiger partial charge in [-0.1, -0.05) is 13.0 Å². The van der Waals surface area contributed by atoms with E-state index in [2.05, 4.69) is 5.32 Å². The first-order valence-corrected chi connectivity index (χ1v) is 6.38. The molecule has 0 aromatic heterocycles. The minimum atomic E-state index is -1.08. The average molecular weight is 269 g/mol. The van der Waals surface area contributed by atoms with E-state index in [1.54, 1.807) is 12.1 Å². The monoisotopic (exact) mass is 269 g/mol. The first-order chi connectivity index (χ1) is 8.95. The molecule has 0 aliphatic rings. The number of carboxylic acids is 1. The number of benzene rings is 1. The second kappa shape index (κ2) is 7.09. The van der Waals surface area contributed by atoms with Crippen LogP contribution in [0.15, 0.2) is 18.2 Å². The molecular weight excluding hydrogens is 249 g/mol. The van der Waals surface area contributed by atoms with Gasteiger partial charge >= 0.3 is 5.97 Å². The second-order valence-electron chi connectivity index (χ2n) is 4.46. The summed E-state index contributed by atoms with van der Waals surface area (Å²) in [7, 11) is 0. The summed E-state index contributed by atoms with van der Waals surface area (Å²) >= 11 is 0. The molecule has 0 spiro atoms. The molecule has 1 aromatic carbocycles. The molecule has 1 aromatic rings. The van der Waals surface area contributed by atoms with Gasteiger partial charge in [0.15, 0.2) is 6.10 Å². The van der Waals surface area contributed by atoms with E-state index in [0.29, 0.717) is 5.56 Å². The molecule has 4 nitrogen and oxygen atoms in total. The topological polar surface area (TPSA) is 58.6 Å². The maximum Gasteiger partial charge on any atom is 0.344 e. The Morgan fingerprint density at radius 1 is 1.47 bits per heavy atom. The Morgan fingerprint density at radius 3 is 2.68 bits per heavy atom. The van der Waals surface area contributed by atoms with Crippen molar-refractivity contribution in [2.45, 2.75) is 39.3 Å². The van der Waals surface area contributed by atoms with Crippen molar-refractivity contribution in [1.82, 2.24) is 5.32 Å². The third-order valence-electron chi connectivity index (χ3n) is 2.80. The van der Waals surface area contributed by atoms with Crippen LogP contribution in [0.5, 0.6) is 5.75 Å². The summed E-state index contributed by atoms with van der Waals surface area (Å²) in [6.45, 7) is 6.14. The van der Waals surface area contributed by atoms with E-state index < -0.39 is 17.9 Å². The van der Waals surface area contributed by atoms with Gasteiger partial charge in [0, 0.05) is 17.7 Å². The van der Waals surface area contributed by atoms with Gasteiger partial charge in [-0.15, -0.1) is 0 Å². The van der Waals surface area contributed by atoms with Crippen molar-refractivity contribution in [2.75, 3.05) is 6.54 Å². The zero-order chi connectivity index (χ0) is 14.4. The molecular formula is C14H20FNO3. The molecule has 0 saturated carbocycles. The van der Waals surface area contributed by atoms with Crippen LogP contribution in [0.3, 0.4) is 0 Å². The lowest BCUT2D eigenvalue weighted by atomic mass is 10.1. The number of carbonyl (C=O) groups is 1. The lowest BCUT2D eigenvalue weighted by Gasteiger charge is -2.16. The SMILES string of the molecule is CCCNC(C)c1ccc(OC(C)C(=O)O)cc1F. The Labute approximate surface area is 112 Å². The molecule has 5 heteroatoms. The Kier molecular flexibility index (Phi) is 5.76. The summed E-state index contributed by atoms with van der Waals surface area (Å²) in [6.07, 6.45) is -0.0237. The highest BCUT2D eigenvalue weighted by atomic mass is 19.1. The van der Waals surface area contributed by atoms with Crippen molar-refractivity contribution in [3.8, 4) is 5.75 Å². The molecule has 1 rings (SSSR count). The zero-order valence-corrected chi connectivity index (χ0v) is 11.4. The first kappa shape index (κ1) is 15.4. The summed E-state index contributed by atoms with van der Waals surface area (Å²) in [6, 6.07) is 4.33. The van der Waals surface area contributed by atoms with Gasteiger partial charge in [0.25, 0.3) is 0 Å². The largest absolute Gasteiger partial charge is 0.479 e. The zero-order valence-electron chi connectivity index (χ0n) is 11.4. The van der Waals surface area contributed by atoms with Gasteiger partial charge in [-0.2, -0.15) is 0 Å². The third-order valence-corrected chi connectivity index (χ3v) is 2.80. The molecule has 19 heavy (non-hydrogen) atoms. The number of rotatable bonds is 7. The van der Waals surface area contributed by atoms with Crippen LogP contribution in [-0.2, 0) is 4.79 Å². The van der Waals surface area contributed by atoms with Crippen molar-refractivity contribution in [3.63, 3.8) is 0 Å². The van der Waals surface area contributed by atoms with Crippen LogP contribution in [0, 0.1) is 5.82 Å². The molecule has 2 unspecified atom stereocenters. The lowest BCUT2D eigenvalue weighted by molar-refractivity contribution is -0.144. The summed E-state index contributed by atoms with van der Waals surface area (Å²) in [4.78, 5) is 10.7. The number of halogens is 1. The fourth-order valence-electron chi connectivity index (χ4n) is 1.66. The number of hydrogen-bond donors (Lipinski definition) is 2. The predicted octanol–water partition coefficient (Wildman–Crippen LogP) is 2.74. The molecule has 0 bridgehead atoms. The van der Waals surface area contributed by atoms with E-state index >= 15 is 0 Å². The fourth-order valence-corrected chi connectivity index (χ4v) is 1.66. The average Bonchev–Trinajstić information content (AvgIpc) is 2.35. The van der Waals surface area contributed by atoms with Gasteiger partial charge in [0.2, 0.25) is 0 Å². The molecule has 106 valence electrons. The molecule has 0 aliphatic carbocycles. The first-order valence-electron chi connectivity index (χ1n) is 6.38. The van der Waals surface area contributed by atoms with Crippen molar-refractivity contribution >= 4 is 5.97 Å². The summed E-state index contributed by atoms with van der Waals surface area (Å²) < 4.78 is 19.0. The molecule has 2 atom stereocenters. The highest BCUT2D eigenvalue weighted by molar-refractivity contribution is 5.72. The smallest absolute Gasteiger partial charge is 0.344 e. The summed E-state index contributed by atoms with van der Waals surface area (Å²) in [5, 5.41) is 11.9. The molecule has 0 fully saturated rings. The Morgan fingerprint density at radius 2 is 2.16 bits per heavy atom. The van der Waals surface area contributed by atoms with Crippen molar-refractivity contribution in [1.29, 1.82) is 0 Å². The maximum atomic E-state index is 13.9. The van der Waals surface area contributed by atoms with Crippen LogP contribution in [0.4, 0.5) is 4.39 Å². The minimum Gasteiger partial charge on any atom is -0.479 e. The van der Waals surface area contributed by atoms with Gasteiger partial charge in [0.05, 0.1) is 0 Å². The molecule has 0 radical (unpaired) electrons. The van der Waals surface area contributed by atoms with Crippen LogP contribution in [-0.4, -0.2) is 23.7 Å². The molecule has 0 amide bonds. The molecule has 0 saturated heterocycles. The van der Waals surface area contributed by atoms with E-state index in [1.807, 2.05) is 13.8 Å². The standard InChI is InChI=1S/C14H20FNO3/c1-4-7-16-9(2)12-6-5-11(8-13(12)15)19-10(3)14(17)18/h5-6,8-10,16H,4,7H2,1-3H3,(H,17,18). The van der Waals surface area contributed by atoms with Crippen LogP contribution < -0.4 is 10.1 Å². The Bertz CT molecular complexity index is 437. The quantitative estimate of drug-likeness (QED) is 0.799. The number of hydrogen-bond acceptors (Lipinski definition) is 3. The highest BCUT2D eigenvalue weighted by Crippen LogP contribution is 2.22. The highest BCUT2D eigenvalue weighted by Gasteiger charge is 2.15. The van der Waals surface area contributed by atoms with E-state index in [1.165, 1.54) is 13.0 Å². The molecule has 0 aliphatic heterocycles. The van der Waals surface area contributed by atoms with Gasteiger partial charge in [0.1, 0.15) is 11.6 Å². The van der Waals surface area contributed by atoms with Gasteiger partial charge in [-0.25, -0.2) is 9.18 Å². The van der Waals surface area contributed by atoms with Crippen molar-refractivity contribution in [2.24, 2.45) is 0 Å². The summed E-state index contributed by atoms with van der Waals surface area (Å²) in [5.41, 5.74) is 0.545. The van der Waals surface area contributed by atoms with E-state index in [0.717, 1.165) is 13.0 Å². The lowest BCUT2D eigenvalue weighted by Crippen LogP contribution is -2.23.